The summed E-state index contributed by atoms with van der Waals surface area (Å²) in [7, 11) is 0. The summed E-state index contributed by atoms with van der Waals surface area (Å²) in [5.74, 6) is -0.187. The van der Waals surface area contributed by atoms with Crippen molar-refractivity contribution >= 4 is 17.5 Å². The molecule has 1 amide bonds. The van der Waals surface area contributed by atoms with Crippen LogP contribution in [0.25, 0.3) is 0 Å². The van der Waals surface area contributed by atoms with Crippen molar-refractivity contribution in [3.63, 3.8) is 0 Å². The average Bonchev–Trinajstić information content (AvgIpc) is 2.52. The van der Waals surface area contributed by atoms with E-state index in [9.17, 15) is 4.79 Å². The number of halogens is 1. The van der Waals surface area contributed by atoms with Gasteiger partial charge < -0.3 is 11.1 Å². The molecule has 0 radical (unpaired) electrons. The van der Waals surface area contributed by atoms with Crippen LogP contribution in [0.1, 0.15) is 36.6 Å². The summed E-state index contributed by atoms with van der Waals surface area (Å²) in [6.45, 7) is 2.01. The minimum Gasteiger partial charge on any atom is -0.348 e. The SMILES string of the molecule is CCC(NC(=O)C(N)c1ccccc1)c1cccc(Cl)c1. The van der Waals surface area contributed by atoms with Crippen molar-refractivity contribution in [2.45, 2.75) is 25.4 Å². The molecule has 2 atom stereocenters. The quantitative estimate of drug-likeness (QED) is 0.886. The highest BCUT2D eigenvalue weighted by molar-refractivity contribution is 6.30. The zero-order valence-corrected chi connectivity index (χ0v) is 12.7. The topological polar surface area (TPSA) is 55.1 Å². The van der Waals surface area contributed by atoms with E-state index < -0.39 is 6.04 Å². The second-order valence-electron chi connectivity index (χ2n) is 4.91. The third-order valence-electron chi connectivity index (χ3n) is 3.42. The summed E-state index contributed by atoms with van der Waals surface area (Å²) in [4.78, 5) is 12.3. The lowest BCUT2D eigenvalue weighted by Crippen LogP contribution is -2.36. The smallest absolute Gasteiger partial charge is 0.241 e. The summed E-state index contributed by atoms with van der Waals surface area (Å²) in [5, 5.41) is 3.65. The van der Waals surface area contributed by atoms with Crippen LogP contribution >= 0.6 is 11.6 Å². The first-order chi connectivity index (χ1) is 10.1. The summed E-state index contributed by atoms with van der Waals surface area (Å²) in [5.41, 5.74) is 7.80. The molecule has 0 bridgehead atoms. The lowest BCUT2D eigenvalue weighted by atomic mass is 10.0. The summed E-state index contributed by atoms with van der Waals surface area (Å²) >= 11 is 6.00. The molecule has 0 spiro atoms. The molecule has 2 aromatic carbocycles. The second-order valence-corrected chi connectivity index (χ2v) is 5.35. The molecule has 0 heterocycles. The van der Waals surface area contributed by atoms with Gasteiger partial charge in [0.2, 0.25) is 5.91 Å². The number of carbonyl (C=O) groups excluding carboxylic acids is 1. The molecule has 110 valence electrons. The third kappa shape index (κ3) is 4.06. The van der Waals surface area contributed by atoms with Crippen LogP contribution < -0.4 is 11.1 Å². The molecule has 0 saturated carbocycles. The molecule has 2 rings (SSSR count). The number of hydrogen-bond acceptors (Lipinski definition) is 2. The normalized spacial score (nSPS) is 13.5. The van der Waals surface area contributed by atoms with Gasteiger partial charge in [0.1, 0.15) is 6.04 Å². The highest BCUT2D eigenvalue weighted by Gasteiger charge is 2.19. The fraction of sp³-hybridized carbons (Fsp3) is 0.235. The Hall–Kier alpha value is -1.84. The van der Waals surface area contributed by atoms with Crippen molar-refractivity contribution in [3.8, 4) is 0 Å². The molecular weight excluding hydrogens is 284 g/mol. The zero-order chi connectivity index (χ0) is 15.2. The van der Waals surface area contributed by atoms with E-state index in [1.807, 2.05) is 61.5 Å². The maximum Gasteiger partial charge on any atom is 0.241 e. The number of amides is 1. The number of carbonyl (C=O) groups is 1. The number of rotatable bonds is 5. The van der Waals surface area contributed by atoms with Gasteiger partial charge in [-0.15, -0.1) is 0 Å². The molecule has 0 aromatic heterocycles. The van der Waals surface area contributed by atoms with Gasteiger partial charge in [-0.2, -0.15) is 0 Å². The Kier molecular flexibility index (Phi) is 5.37. The Bertz CT molecular complexity index is 601. The molecule has 0 aliphatic rings. The molecule has 0 aliphatic carbocycles. The predicted octanol–water partition coefficient (Wildman–Crippen LogP) is 3.61. The van der Waals surface area contributed by atoms with Gasteiger partial charge in [-0.1, -0.05) is 61.0 Å². The number of hydrogen-bond donors (Lipinski definition) is 2. The fourth-order valence-corrected chi connectivity index (χ4v) is 2.42. The van der Waals surface area contributed by atoms with Gasteiger partial charge in [0, 0.05) is 5.02 Å². The monoisotopic (exact) mass is 302 g/mol. The minimum atomic E-state index is -0.667. The Morgan fingerprint density at radius 1 is 1.14 bits per heavy atom. The molecule has 3 N–H and O–H groups in total. The molecular formula is C17H19ClN2O. The van der Waals surface area contributed by atoms with Crippen molar-refractivity contribution in [2.24, 2.45) is 5.73 Å². The van der Waals surface area contributed by atoms with Gasteiger partial charge in [0.25, 0.3) is 0 Å². The third-order valence-corrected chi connectivity index (χ3v) is 3.65. The lowest BCUT2D eigenvalue weighted by Gasteiger charge is -2.20. The minimum absolute atomic E-state index is 0.0917. The first-order valence-electron chi connectivity index (χ1n) is 6.98. The molecule has 0 fully saturated rings. The van der Waals surface area contributed by atoms with E-state index >= 15 is 0 Å². The van der Waals surface area contributed by atoms with Gasteiger partial charge in [0.05, 0.1) is 6.04 Å². The Morgan fingerprint density at radius 3 is 2.43 bits per heavy atom. The van der Waals surface area contributed by atoms with E-state index in [1.165, 1.54) is 0 Å². The van der Waals surface area contributed by atoms with E-state index in [-0.39, 0.29) is 11.9 Å². The van der Waals surface area contributed by atoms with Gasteiger partial charge >= 0.3 is 0 Å². The van der Waals surface area contributed by atoms with E-state index in [0.29, 0.717) is 5.02 Å². The Morgan fingerprint density at radius 2 is 1.81 bits per heavy atom. The predicted molar refractivity (Wildman–Crippen MR) is 86.0 cm³/mol. The van der Waals surface area contributed by atoms with Crippen molar-refractivity contribution in [2.75, 3.05) is 0 Å². The standard InChI is InChI=1S/C17H19ClN2O/c1-2-15(13-9-6-10-14(18)11-13)20-17(21)16(19)12-7-4-3-5-8-12/h3-11,15-16H,2,19H2,1H3,(H,20,21). The molecule has 0 saturated heterocycles. The molecule has 2 unspecified atom stereocenters. The lowest BCUT2D eigenvalue weighted by molar-refractivity contribution is -0.123. The Labute approximate surface area is 130 Å². The van der Waals surface area contributed by atoms with Crippen LogP contribution in [-0.4, -0.2) is 5.91 Å². The van der Waals surface area contributed by atoms with Crippen LogP contribution in [0.3, 0.4) is 0 Å². The van der Waals surface area contributed by atoms with E-state index in [0.717, 1.165) is 17.5 Å². The highest BCUT2D eigenvalue weighted by atomic mass is 35.5. The summed E-state index contributed by atoms with van der Waals surface area (Å²) in [6, 6.07) is 16.1. The molecule has 0 aliphatic heterocycles. The Balaban J connectivity index is 2.10. The van der Waals surface area contributed by atoms with Crippen LogP contribution in [0.15, 0.2) is 54.6 Å². The molecule has 2 aromatic rings. The maximum absolute atomic E-state index is 12.3. The molecule has 4 heteroatoms. The van der Waals surface area contributed by atoms with Gasteiger partial charge in [-0.05, 0) is 29.7 Å². The van der Waals surface area contributed by atoms with Crippen molar-refractivity contribution in [1.29, 1.82) is 0 Å². The average molecular weight is 303 g/mol. The summed E-state index contributed by atoms with van der Waals surface area (Å²) < 4.78 is 0. The van der Waals surface area contributed by atoms with Crippen LogP contribution in [0.2, 0.25) is 5.02 Å². The van der Waals surface area contributed by atoms with E-state index in [1.54, 1.807) is 0 Å². The number of benzene rings is 2. The largest absolute Gasteiger partial charge is 0.348 e. The molecule has 3 nitrogen and oxygen atoms in total. The van der Waals surface area contributed by atoms with Gasteiger partial charge in [0.15, 0.2) is 0 Å². The van der Waals surface area contributed by atoms with Gasteiger partial charge in [-0.25, -0.2) is 0 Å². The highest BCUT2D eigenvalue weighted by Crippen LogP contribution is 2.21. The first-order valence-corrected chi connectivity index (χ1v) is 7.36. The number of nitrogens with two attached hydrogens (primary N) is 1. The zero-order valence-electron chi connectivity index (χ0n) is 11.9. The van der Waals surface area contributed by atoms with Gasteiger partial charge in [-0.3, -0.25) is 4.79 Å². The van der Waals surface area contributed by atoms with Crippen molar-refractivity contribution in [3.05, 3.63) is 70.7 Å². The summed E-state index contributed by atoms with van der Waals surface area (Å²) in [6.07, 6.45) is 0.771. The van der Waals surface area contributed by atoms with Crippen LogP contribution in [-0.2, 0) is 4.79 Å². The van der Waals surface area contributed by atoms with Crippen LogP contribution in [0.4, 0.5) is 0 Å². The van der Waals surface area contributed by atoms with Crippen LogP contribution in [0.5, 0.6) is 0 Å². The second kappa shape index (κ2) is 7.25. The van der Waals surface area contributed by atoms with Crippen LogP contribution in [0, 0.1) is 0 Å². The fourth-order valence-electron chi connectivity index (χ4n) is 2.22. The number of nitrogens with one attached hydrogen (secondary N) is 1. The van der Waals surface area contributed by atoms with E-state index in [2.05, 4.69) is 5.32 Å². The maximum atomic E-state index is 12.3. The van der Waals surface area contributed by atoms with Crippen molar-refractivity contribution < 1.29 is 4.79 Å². The first kappa shape index (κ1) is 15.5. The molecule has 21 heavy (non-hydrogen) atoms. The van der Waals surface area contributed by atoms with Crippen molar-refractivity contribution in [1.82, 2.24) is 5.32 Å². The van der Waals surface area contributed by atoms with E-state index in [4.69, 9.17) is 17.3 Å².